The van der Waals surface area contributed by atoms with Crippen LogP contribution in [0.4, 0.5) is 17.3 Å². The molecule has 0 spiro atoms. The second-order valence-corrected chi connectivity index (χ2v) is 4.65. The van der Waals surface area contributed by atoms with Gasteiger partial charge >= 0.3 is 0 Å². The van der Waals surface area contributed by atoms with Crippen molar-refractivity contribution in [2.75, 3.05) is 42.7 Å². The van der Waals surface area contributed by atoms with Gasteiger partial charge in [-0.05, 0) is 17.7 Å². The van der Waals surface area contributed by atoms with E-state index >= 15 is 0 Å². The summed E-state index contributed by atoms with van der Waals surface area (Å²) in [4.78, 5) is 4.51. The minimum absolute atomic E-state index is 0.363. The fourth-order valence-electron chi connectivity index (χ4n) is 2.33. The predicted octanol–water partition coefficient (Wildman–Crippen LogP) is 1.81. The molecule has 0 radical (unpaired) electrons. The lowest BCUT2D eigenvalue weighted by atomic mass is 10.0. The number of aromatic nitrogens is 1. The summed E-state index contributed by atoms with van der Waals surface area (Å²) in [6, 6.07) is 6.30. The number of nitrogens with two attached hydrogens (primary N) is 1. The summed E-state index contributed by atoms with van der Waals surface area (Å²) in [7, 11) is 4.21. The molecule has 3 rings (SSSR count). The van der Waals surface area contributed by atoms with E-state index in [0.717, 1.165) is 24.2 Å². The molecule has 0 bridgehead atoms. The molecule has 1 aromatic carbocycles. The lowest BCUT2D eigenvalue weighted by Crippen LogP contribution is -2.36. The van der Waals surface area contributed by atoms with E-state index in [4.69, 9.17) is 10.3 Å². The maximum atomic E-state index is 5.76. The first-order valence-corrected chi connectivity index (χ1v) is 5.93. The molecule has 5 nitrogen and oxygen atoms in total. The molecule has 2 N–H and O–H groups in total. The number of anilines is 3. The first-order valence-electron chi connectivity index (χ1n) is 5.93. The molecule has 1 aromatic heterocycles. The van der Waals surface area contributed by atoms with Gasteiger partial charge < -0.3 is 20.1 Å². The largest absolute Gasteiger partial charge is 0.371 e. The number of hydrogen-bond donors (Lipinski definition) is 1. The highest BCUT2D eigenvalue weighted by molar-refractivity contribution is 5.82. The van der Waals surface area contributed by atoms with Gasteiger partial charge in [-0.25, -0.2) is 0 Å². The third kappa shape index (κ3) is 1.59. The molecule has 0 saturated heterocycles. The summed E-state index contributed by atoms with van der Waals surface area (Å²) in [5.41, 5.74) is 10.1. The van der Waals surface area contributed by atoms with Gasteiger partial charge in [-0.1, -0.05) is 11.2 Å². The van der Waals surface area contributed by atoms with E-state index in [-0.39, 0.29) is 0 Å². The molecule has 2 heterocycles. The molecular weight excluding hydrogens is 228 g/mol. The highest BCUT2D eigenvalue weighted by atomic mass is 16.5. The summed E-state index contributed by atoms with van der Waals surface area (Å²) < 4.78 is 4.91. The Hall–Kier alpha value is -2.17. The van der Waals surface area contributed by atoms with Crippen LogP contribution < -0.4 is 15.5 Å². The molecule has 0 unspecified atom stereocenters. The van der Waals surface area contributed by atoms with Crippen molar-refractivity contribution < 1.29 is 4.52 Å². The van der Waals surface area contributed by atoms with Crippen molar-refractivity contribution >= 4 is 17.3 Å². The Morgan fingerprint density at radius 3 is 2.56 bits per heavy atom. The van der Waals surface area contributed by atoms with Crippen LogP contribution in [0.5, 0.6) is 0 Å². The topological polar surface area (TPSA) is 58.5 Å². The van der Waals surface area contributed by atoms with Crippen LogP contribution in [-0.2, 0) is 0 Å². The standard InChI is InChI=1S/C13H16N4O/c1-16-5-6-17(2)12-7-9(3-4-11(12)16)10-8-15-18-13(10)14/h3-4,7-8H,5-6,14H2,1-2H3. The molecule has 1 aliphatic heterocycles. The molecule has 1 aliphatic rings. The van der Waals surface area contributed by atoms with Crippen molar-refractivity contribution in [2.24, 2.45) is 0 Å². The number of hydrogen-bond acceptors (Lipinski definition) is 5. The number of likely N-dealkylation sites (N-methyl/N-ethyl adjacent to an activating group) is 2. The van der Waals surface area contributed by atoms with Crippen molar-refractivity contribution in [1.82, 2.24) is 5.16 Å². The van der Waals surface area contributed by atoms with Crippen LogP contribution in [0.15, 0.2) is 28.9 Å². The second-order valence-electron chi connectivity index (χ2n) is 4.65. The van der Waals surface area contributed by atoms with Crippen LogP contribution in [0, 0.1) is 0 Å². The van der Waals surface area contributed by atoms with E-state index in [2.05, 4.69) is 47.3 Å². The summed E-state index contributed by atoms with van der Waals surface area (Å²) >= 11 is 0. The fourth-order valence-corrected chi connectivity index (χ4v) is 2.33. The van der Waals surface area contributed by atoms with Crippen LogP contribution in [0.2, 0.25) is 0 Å². The molecule has 2 aromatic rings. The van der Waals surface area contributed by atoms with E-state index < -0.39 is 0 Å². The molecule has 0 aliphatic carbocycles. The highest BCUT2D eigenvalue weighted by Gasteiger charge is 2.19. The van der Waals surface area contributed by atoms with Crippen LogP contribution in [-0.4, -0.2) is 32.3 Å². The van der Waals surface area contributed by atoms with Gasteiger partial charge in [0.05, 0.1) is 23.1 Å². The van der Waals surface area contributed by atoms with Crippen LogP contribution in [0.3, 0.4) is 0 Å². The normalized spacial score (nSPS) is 14.8. The zero-order valence-corrected chi connectivity index (χ0v) is 10.6. The van der Waals surface area contributed by atoms with Crippen molar-refractivity contribution in [2.45, 2.75) is 0 Å². The maximum Gasteiger partial charge on any atom is 0.229 e. The van der Waals surface area contributed by atoms with Gasteiger partial charge in [-0.15, -0.1) is 0 Å². The SMILES string of the molecule is CN1CCN(C)c2cc(-c3cnoc3N)ccc21. The molecule has 0 saturated carbocycles. The van der Waals surface area contributed by atoms with Gasteiger partial charge in [0, 0.05) is 27.2 Å². The van der Waals surface area contributed by atoms with E-state index in [9.17, 15) is 0 Å². The van der Waals surface area contributed by atoms with E-state index in [1.807, 2.05) is 0 Å². The van der Waals surface area contributed by atoms with Gasteiger partial charge in [0.1, 0.15) is 0 Å². The first-order chi connectivity index (χ1) is 8.66. The fraction of sp³-hybridized carbons (Fsp3) is 0.308. The molecule has 5 heteroatoms. The predicted molar refractivity (Wildman–Crippen MR) is 72.9 cm³/mol. The zero-order chi connectivity index (χ0) is 12.7. The second kappa shape index (κ2) is 3.94. The molecule has 94 valence electrons. The van der Waals surface area contributed by atoms with Crippen LogP contribution in [0.25, 0.3) is 11.1 Å². The summed E-state index contributed by atoms with van der Waals surface area (Å²) in [6.07, 6.45) is 1.66. The molecule has 0 atom stereocenters. The molecule has 0 fully saturated rings. The average Bonchev–Trinajstić information content (AvgIpc) is 2.80. The Labute approximate surface area is 106 Å². The highest BCUT2D eigenvalue weighted by Crippen LogP contribution is 2.36. The van der Waals surface area contributed by atoms with Gasteiger partial charge in [-0.3, -0.25) is 0 Å². The van der Waals surface area contributed by atoms with Gasteiger partial charge in [-0.2, -0.15) is 0 Å². The van der Waals surface area contributed by atoms with E-state index in [0.29, 0.717) is 5.88 Å². The minimum atomic E-state index is 0.363. The van der Waals surface area contributed by atoms with E-state index in [1.165, 1.54) is 11.4 Å². The molecule has 18 heavy (non-hydrogen) atoms. The van der Waals surface area contributed by atoms with Crippen LogP contribution in [0.1, 0.15) is 0 Å². The quantitative estimate of drug-likeness (QED) is 0.829. The Morgan fingerprint density at radius 2 is 1.89 bits per heavy atom. The number of fused-ring (bicyclic) bond motifs is 1. The summed E-state index contributed by atoms with van der Waals surface area (Å²) in [5.74, 6) is 0.363. The average molecular weight is 244 g/mol. The van der Waals surface area contributed by atoms with Gasteiger partial charge in [0.25, 0.3) is 0 Å². The lowest BCUT2D eigenvalue weighted by molar-refractivity contribution is 0.436. The smallest absolute Gasteiger partial charge is 0.229 e. The number of rotatable bonds is 1. The third-order valence-electron chi connectivity index (χ3n) is 3.48. The van der Waals surface area contributed by atoms with Crippen LogP contribution >= 0.6 is 0 Å². The Bertz CT molecular complexity index is 578. The van der Waals surface area contributed by atoms with Crippen molar-refractivity contribution in [3.05, 3.63) is 24.4 Å². The number of nitrogens with zero attached hydrogens (tertiary/aromatic N) is 3. The van der Waals surface area contributed by atoms with Crippen molar-refractivity contribution in [3.8, 4) is 11.1 Å². The third-order valence-corrected chi connectivity index (χ3v) is 3.48. The first kappa shape index (κ1) is 11.0. The van der Waals surface area contributed by atoms with E-state index in [1.54, 1.807) is 6.20 Å². The Morgan fingerprint density at radius 1 is 1.17 bits per heavy atom. The molecular formula is C13H16N4O. The summed E-state index contributed by atoms with van der Waals surface area (Å²) in [6.45, 7) is 2.06. The van der Waals surface area contributed by atoms with Gasteiger partial charge in [0.15, 0.2) is 0 Å². The maximum absolute atomic E-state index is 5.76. The van der Waals surface area contributed by atoms with Crippen molar-refractivity contribution in [1.29, 1.82) is 0 Å². The number of benzene rings is 1. The summed E-state index contributed by atoms with van der Waals surface area (Å²) in [5, 5.41) is 3.72. The monoisotopic (exact) mass is 244 g/mol. The van der Waals surface area contributed by atoms with Gasteiger partial charge in [0.2, 0.25) is 5.88 Å². The lowest BCUT2D eigenvalue weighted by Gasteiger charge is -2.35. The van der Waals surface area contributed by atoms with Crippen molar-refractivity contribution in [3.63, 3.8) is 0 Å². The Kier molecular flexibility index (Phi) is 2.40. The molecule has 0 amide bonds. The number of nitrogen functional groups attached to an aromatic ring is 1. The minimum Gasteiger partial charge on any atom is -0.371 e. The Balaban J connectivity index is 2.10. The zero-order valence-electron chi connectivity index (χ0n) is 10.6.